The van der Waals surface area contributed by atoms with Gasteiger partial charge < -0.3 is 20.3 Å². The van der Waals surface area contributed by atoms with Gasteiger partial charge in [-0.2, -0.15) is 0 Å². The highest BCUT2D eigenvalue weighted by molar-refractivity contribution is 8.00. The van der Waals surface area contributed by atoms with E-state index in [9.17, 15) is 9.59 Å². The summed E-state index contributed by atoms with van der Waals surface area (Å²) in [6, 6.07) is 12.0. The van der Waals surface area contributed by atoms with E-state index in [1.807, 2.05) is 36.4 Å². The summed E-state index contributed by atoms with van der Waals surface area (Å²) in [6.07, 6.45) is 2.38. The van der Waals surface area contributed by atoms with Crippen molar-refractivity contribution in [3.05, 3.63) is 48.3 Å². The topological polar surface area (TPSA) is 99.7 Å². The molecule has 0 saturated carbocycles. The van der Waals surface area contributed by atoms with Crippen molar-refractivity contribution in [3.63, 3.8) is 0 Å². The first-order chi connectivity index (χ1) is 17.6. The average Bonchev–Trinajstić information content (AvgIpc) is 3.27. The van der Waals surface area contributed by atoms with E-state index >= 15 is 0 Å². The summed E-state index contributed by atoms with van der Waals surface area (Å²) in [5.41, 5.74) is 2.69. The number of nitrogens with zero attached hydrogens (tertiary/aromatic N) is 4. The summed E-state index contributed by atoms with van der Waals surface area (Å²) < 4.78 is 5.40. The van der Waals surface area contributed by atoms with Crippen LogP contribution in [0.1, 0.15) is 17.9 Å². The van der Waals surface area contributed by atoms with Crippen molar-refractivity contribution in [1.82, 2.24) is 20.2 Å². The normalized spacial score (nSPS) is 22.3. The van der Waals surface area contributed by atoms with E-state index in [1.165, 1.54) is 11.8 Å². The zero-order chi connectivity index (χ0) is 24.6. The molecule has 0 bridgehead atoms. The maximum absolute atomic E-state index is 12.8. The maximum Gasteiger partial charge on any atom is 0.234 e. The summed E-state index contributed by atoms with van der Waals surface area (Å²) in [4.78, 5) is 39.3. The van der Waals surface area contributed by atoms with Crippen LogP contribution in [0.5, 0.6) is 5.75 Å². The third-order valence-electron chi connectivity index (χ3n) is 7.19. The predicted molar refractivity (Wildman–Crippen MR) is 140 cm³/mol. The van der Waals surface area contributed by atoms with Gasteiger partial charge in [0, 0.05) is 49.0 Å². The number of hydrogen-bond acceptors (Lipinski definition) is 8. The van der Waals surface area contributed by atoms with Crippen LogP contribution in [0.3, 0.4) is 0 Å². The maximum atomic E-state index is 12.8. The molecule has 2 fully saturated rings. The molecular formula is C26H28N6O3S. The minimum Gasteiger partial charge on any atom is -0.497 e. The highest BCUT2D eigenvalue weighted by Gasteiger charge is 2.35. The molecule has 4 heterocycles. The summed E-state index contributed by atoms with van der Waals surface area (Å²) in [5, 5.41) is 7.12. The van der Waals surface area contributed by atoms with E-state index in [0.29, 0.717) is 5.75 Å². The number of benzene rings is 2. The lowest BCUT2D eigenvalue weighted by molar-refractivity contribution is -0.120. The van der Waals surface area contributed by atoms with Crippen LogP contribution < -0.4 is 20.3 Å². The van der Waals surface area contributed by atoms with Gasteiger partial charge in [-0.15, -0.1) is 11.8 Å². The fraction of sp³-hybridized carbons (Fsp3) is 0.385. The van der Waals surface area contributed by atoms with Gasteiger partial charge in [-0.05, 0) is 42.3 Å². The number of carbonyl (C=O) groups is 2. The second kappa shape index (κ2) is 9.59. The van der Waals surface area contributed by atoms with Crippen LogP contribution in [0, 0.1) is 0 Å². The molecule has 2 amide bonds. The van der Waals surface area contributed by atoms with Crippen molar-refractivity contribution in [1.29, 1.82) is 0 Å². The number of fused-ring (bicyclic) bond motifs is 2. The molecule has 0 spiro atoms. The Morgan fingerprint density at radius 1 is 1.08 bits per heavy atom. The summed E-state index contributed by atoms with van der Waals surface area (Å²) in [7, 11) is 1.66. The van der Waals surface area contributed by atoms with Crippen LogP contribution in [0.2, 0.25) is 0 Å². The molecule has 3 aliphatic rings. The largest absolute Gasteiger partial charge is 0.497 e. The molecular weight excluding hydrogens is 476 g/mol. The fourth-order valence-electron chi connectivity index (χ4n) is 5.33. The van der Waals surface area contributed by atoms with E-state index < -0.39 is 0 Å². The molecule has 0 radical (unpaired) electrons. The van der Waals surface area contributed by atoms with Crippen molar-refractivity contribution >= 4 is 46.0 Å². The molecule has 6 rings (SSSR count). The Labute approximate surface area is 213 Å². The van der Waals surface area contributed by atoms with Gasteiger partial charge >= 0.3 is 0 Å². The molecule has 2 saturated heterocycles. The first-order valence-corrected chi connectivity index (χ1v) is 13.2. The molecule has 186 valence electrons. The Morgan fingerprint density at radius 3 is 2.78 bits per heavy atom. The van der Waals surface area contributed by atoms with E-state index in [4.69, 9.17) is 4.74 Å². The van der Waals surface area contributed by atoms with Crippen LogP contribution >= 0.6 is 11.8 Å². The minimum absolute atomic E-state index is 0.00615. The van der Waals surface area contributed by atoms with Gasteiger partial charge in [0.25, 0.3) is 0 Å². The SMILES string of the molecule is COc1ccc2ncnc(N3CCN(CC4CC(c5ccc6c(c5)NC(=O)CS6)C(=O)N4)CC3)c2c1. The first-order valence-electron chi connectivity index (χ1n) is 12.2. The second-order valence-corrected chi connectivity index (χ2v) is 10.5. The van der Waals surface area contributed by atoms with Gasteiger partial charge in [0.2, 0.25) is 11.8 Å². The summed E-state index contributed by atoms with van der Waals surface area (Å²) in [5.74, 6) is 2.05. The Bertz CT molecular complexity index is 1330. The number of thioether (sulfide) groups is 1. The molecule has 3 aliphatic heterocycles. The fourth-order valence-corrected chi connectivity index (χ4v) is 6.12. The number of aromatic nitrogens is 2. The number of piperazine rings is 1. The number of amides is 2. The lowest BCUT2D eigenvalue weighted by atomic mass is 9.95. The third-order valence-corrected chi connectivity index (χ3v) is 8.27. The number of nitrogens with one attached hydrogen (secondary N) is 2. The Kier molecular flexibility index (Phi) is 6.14. The van der Waals surface area contributed by atoms with Crippen LogP contribution in [0.25, 0.3) is 10.9 Å². The number of rotatable bonds is 5. The first kappa shape index (κ1) is 23.1. The number of ether oxygens (including phenoxy) is 1. The van der Waals surface area contributed by atoms with Gasteiger partial charge in [0.15, 0.2) is 0 Å². The predicted octanol–water partition coefficient (Wildman–Crippen LogP) is 2.48. The molecule has 1 aromatic heterocycles. The lowest BCUT2D eigenvalue weighted by Gasteiger charge is -2.36. The van der Waals surface area contributed by atoms with Crippen molar-refractivity contribution in [3.8, 4) is 5.75 Å². The number of hydrogen-bond donors (Lipinski definition) is 2. The van der Waals surface area contributed by atoms with E-state index in [2.05, 4.69) is 30.4 Å². The molecule has 36 heavy (non-hydrogen) atoms. The highest BCUT2D eigenvalue weighted by Crippen LogP contribution is 2.36. The van der Waals surface area contributed by atoms with Crippen LogP contribution in [0.4, 0.5) is 11.5 Å². The van der Waals surface area contributed by atoms with E-state index in [1.54, 1.807) is 13.4 Å². The standard InChI is InChI=1S/C26H28N6O3S/c1-35-18-3-4-21-20(12-18)25(28-15-27-21)32-8-6-31(7-9-32)13-17-11-19(26(34)29-17)16-2-5-23-22(10-16)30-24(33)14-36-23/h2-5,10,12,15,17,19H,6-9,11,13-14H2,1H3,(H,29,34)(H,30,33). The zero-order valence-electron chi connectivity index (χ0n) is 20.1. The molecule has 2 atom stereocenters. The van der Waals surface area contributed by atoms with Crippen molar-refractivity contribution in [2.75, 3.05) is 55.8 Å². The highest BCUT2D eigenvalue weighted by atomic mass is 32.2. The molecule has 2 N–H and O–H groups in total. The summed E-state index contributed by atoms with van der Waals surface area (Å²) in [6.45, 7) is 4.33. The second-order valence-electron chi connectivity index (χ2n) is 9.45. The number of anilines is 2. The van der Waals surface area contributed by atoms with Gasteiger partial charge in [0.05, 0.1) is 30.0 Å². The summed E-state index contributed by atoms with van der Waals surface area (Å²) >= 11 is 1.54. The molecule has 2 unspecified atom stereocenters. The molecule has 3 aromatic rings. The number of carbonyl (C=O) groups excluding carboxylic acids is 2. The van der Waals surface area contributed by atoms with Crippen LogP contribution in [-0.4, -0.2) is 78.3 Å². The zero-order valence-corrected chi connectivity index (χ0v) is 20.9. The Balaban J connectivity index is 1.08. The smallest absolute Gasteiger partial charge is 0.234 e. The molecule has 9 nitrogen and oxygen atoms in total. The van der Waals surface area contributed by atoms with Crippen molar-refractivity contribution in [2.45, 2.75) is 23.3 Å². The quantitative estimate of drug-likeness (QED) is 0.547. The molecule has 2 aromatic carbocycles. The molecule has 10 heteroatoms. The van der Waals surface area contributed by atoms with Gasteiger partial charge in [0.1, 0.15) is 17.9 Å². The van der Waals surface area contributed by atoms with Gasteiger partial charge in [-0.3, -0.25) is 14.5 Å². The third kappa shape index (κ3) is 4.46. The Hall–Kier alpha value is -3.37. The molecule has 0 aliphatic carbocycles. The van der Waals surface area contributed by atoms with Crippen LogP contribution in [-0.2, 0) is 9.59 Å². The minimum atomic E-state index is -0.187. The number of methoxy groups -OCH3 is 1. The average molecular weight is 505 g/mol. The van der Waals surface area contributed by atoms with E-state index in [-0.39, 0.29) is 23.8 Å². The van der Waals surface area contributed by atoms with Crippen molar-refractivity contribution < 1.29 is 14.3 Å². The monoisotopic (exact) mass is 504 g/mol. The van der Waals surface area contributed by atoms with E-state index in [0.717, 1.165) is 77.8 Å². The van der Waals surface area contributed by atoms with Crippen LogP contribution in [0.15, 0.2) is 47.6 Å². The van der Waals surface area contributed by atoms with Crippen molar-refractivity contribution in [2.24, 2.45) is 0 Å². The Morgan fingerprint density at radius 2 is 1.94 bits per heavy atom. The lowest BCUT2D eigenvalue weighted by Crippen LogP contribution is -2.50. The van der Waals surface area contributed by atoms with Gasteiger partial charge in [-0.25, -0.2) is 9.97 Å². The van der Waals surface area contributed by atoms with Gasteiger partial charge in [-0.1, -0.05) is 6.07 Å².